The minimum absolute atomic E-state index is 0.0327. The van der Waals surface area contributed by atoms with Crippen LogP contribution in [0.25, 0.3) is 0 Å². The summed E-state index contributed by atoms with van der Waals surface area (Å²) in [5.41, 5.74) is 3.29. The third-order valence-corrected chi connectivity index (χ3v) is 6.69. The van der Waals surface area contributed by atoms with Gasteiger partial charge in [0.1, 0.15) is 5.60 Å². The van der Waals surface area contributed by atoms with Crippen LogP contribution in [0.3, 0.4) is 0 Å². The van der Waals surface area contributed by atoms with Gasteiger partial charge in [-0.15, -0.1) is 0 Å². The number of carbonyl (C=O) groups is 2. The molecule has 3 aliphatic rings. The van der Waals surface area contributed by atoms with Gasteiger partial charge < -0.3 is 14.5 Å². The van der Waals surface area contributed by atoms with E-state index >= 15 is 0 Å². The van der Waals surface area contributed by atoms with Crippen LogP contribution in [0.5, 0.6) is 0 Å². The lowest BCUT2D eigenvalue weighted by Crippen LogP contribution is -2.44. The molecule has 5 rings (SSSR count). The molecule has 0 radical (unpaired) electrons. The molecule has 2 fully saturated rings. The highest BCUT2D eigenvalue weighted by molar-refractivity contribution is 6.03. The SMILES string of the molecule is Cc1ccc(N2C[C@]34C=C[C@H](O3)[C@H](C(=O)N(C)Cc3ccccn3)[C@@H]4C2=O)cc1C. The first-order valence-corrected chi connectivity index (χ1v) is 10.3. The van der Waals surface area contributed by atoms with Gasteiger partial charge in [0.05, 0.1) is 36.7 Å². The van der Waals surface area contributed by atoms with Gasteiger partial charge in [0.15, 0.2) is 0 Å². The van der Waals surface area contributed by atoms with Crippen molar-refractivity contribution in [1.29, 1.82) is 0 Å². The molecule has 2 saturated heterocycles. The maximum absolute atomic E-state index is 13.5. The van der Waals surface area contributed by atoms with Crippen LogP contribution in [-0.2, 0) is 20.9 Å². The molecule has 0 unspecified atom stereocenters. The smallest absolute Gasteiger partial charge is 0.234 e. The fraction of sp³-hybridized carbons (Fsp3) is 0.375. The van der Waals surface area contributed by atoms with E-state index in [4.69, 9.17) is 4.74 Å². The van der Waals surface area contributed by atoms with Gasteiger partial charge in [0.2, 0.25) is 11.8 Å². The van der Waals surface area contributed by atoms with Crippen LogP contribution in [-0.4, -0.2) is 47.0 Å². The molecule has 6 heteroatoms. The number of nitrogens with zero attached hydrogens (tertiary/aromatic N) is 3. The molecule has 0 saturated carbocycles. The minimum Gasteiger partial charge on any atom is -0.360 e. The summed E-state index contributed by atoms with van der Waals surface area (Å²) in [6.07, 6.45) is 5.31. The highest BCUT2D eigenvalue weighted by Gasteiger charge is 2.67. The number of hydrogen-bond acceptors (Lipinski definition) is 4. The molecule has 6 nitrogen and oxygen atoms in total. The zero-order valence-electron chi connectivity index (χ0n) is 17.4. The van der Waals surface area contributed by atoms with E-state index in [2.05, 4.69) is 11.9 Å². The molecule has 1 aromatic carbocycles. The fourth-order valence-electron chi connectivity index (χ4n) is 4.96. The van der Waals surface area contributed by atoms with Crippen molar-refractivity contribution in [3.63, 3.8) is 0 Å². The van der Waals surface area contributed by atoms with Gasteiger partial charge in [-0.2, -0.15) is 0 Å². The summed E-state index contributed by atoms with van der Waals surface area (Å²) in [5, 5.41) is 0. The largest absolute Gasteiger partial charge is 0.360 e. The van der Waals surface area contributed by atoms with Crippen LogP contribution in [0.15, 0.2) is 54.7 Å². The molecular weight excluding hydrogens is 378 g/mol. The Morgan fingerprint density at radius 3 is 2.83 bits per heavy atom. The Bertz CT molecular complexity index is 1050. The van der Waals surface area contributed by atoms with Crippen molar-refractivity contribution in [2.45, 2.75) is 32.1 Å². The lowest BCUT2D eigenvalue weighted by atomic mass is 9.76. The molecule has 1 aromatic heterocycles. The standard InChI is InChI=1S/C24H25N3O3/c1-15-7-8-18(12-16(15)2)27-14-24-10-9-19(30-24)20(21(24)23(27)29)22(28)26(3)13-17-6-4-5-11-25-17/h4-12,19-21H,13-14H2,1-3H3/t19-,20-,21+,24-/m0/s1. The van der Waals surface area contributed by atoms with E-state index in [0.29, 0.717) is 13.1 Å². The van der Waals surface area contributed by atoms with Gasteiger partial charge in [-0.05, 0) is 49.2 Å². The summed E-state index contributed by atoms with van der Waals surface area (Å²) < 4.78 is 6.26. The van der Waals surface area contributed by atoms with Crippen molar-refractivity contribution in [1.82, 2.24) is 9.88 Å². The second-order valence-electron chi connectivity index (χ2n) is 8.61. The number of anilines is 1. The molecule has 0 aliphatic carbocycles. The number of rotatable bonds is 4. The summed E-state index contributed by atoms with van der Waals surface area (Å²) in [6, 6.07) is 11.7. The summed E-state index contributed by atoms with van der Waals surface area (Å²) in [5.74, 6) is -1.10. The minimum atomic E-state index is -0.716. The number of carbonyl (C=O) groups excluding carboxylic acids is 2. The van der Waals surface area contributed by atoms with Crippen molar-refractivity contribution in [2.75, 3.05) is 18.5 Å². The predicted molar refractivity (Wildman–Crippen MR) is 113 cm³/mol. The van der Waals surface area contributed by atoms with Gasteiger partial charge >= 0.3 is 0 Å². The Morgan fingerprint density at radius 2 is 2.10 bits per heavy atom. The second-order valence-corrected chi connectivity index (χ2v) is 8.61. The lowest BCUT2D eigenvalue weighted by Gasteiger charge is -2.27. The van der Waals surface area contributed by atoms with Crippen LogP contribution < -0.4 is 4.90 Å². The number of benzene rings is 1. The highest BCUT2D eigenvalue weighted by atomic mass is 16.5. The molecule has 154 valence electrons. The zero-order chi connectivity index (χ0) is 21.0. The quantitative estimate of drug-likeness (QED) is 0.737. The van der Waals surface area contributed by atoms with Crippen molar-refractivity contribution >= 4 is 17.5 Å². The molecular formula is C24H25N3O3. The Labute approximate surface area is 176 Å². The molecule has 4 heterocycles. The van der Waals surface area contributed by atoms with Gasteiger partial charge in [-0.1, -0.05) is 24.3 Å². The number of aryl methyl sites for hydroxylation is 2. The molecule has 2 bridgehead atoms. The Kier molecular flexibility index (Phi) is 4.29. The molecule has 3 aliphatic heterocycles. The fourth-order valence-corrected chi connectivity index (χ4v) is 4.96. The van der Waals surface area contributed by atoms with Crippen molar-refractivity contribution in [3.05, 3.63) is 71.6 Å². The average Bonchev–Trinajstić information content (AvgIpc) is 3.38. The van der Waals surface area contributed by atoms with Gasteiger partial charge in [-0.25, -0.2) is 0 Å². The third-order valence-electron chi connectivity index (χ3n) is 6.69. The monoisotopic (exact) mass is 403 g/mol. The van der Waals surface area contributed by atoms with E-state index in [1.165, 1.54) is 5.56 Å². The topological polar surface area (TPSA) is 62.7 Å². The van der Waals surface area contributed by atoms with E-state index in [0.717, 1.165) is 16.9 Å². The molecule has 2 aromatic rings. The molecule has 0 N–H and O–H groups in total. The normalized spacial score (nSPS) is 28.8. The summed E-state index contributed by atoms with van der Waals surface area (Å²) >= 11 is 0. The summed E-state index contributed by atoms with van der Waals surface area (Å²) in [4.78, 5) is 34.6. The van der Waals surface area contributed by atoms with Gasteiger partial charge in [-0.3, -0.25) is 14.6 Å². The van der Waals surface area contributed by atoms with E-state index in [1.807, 2.05) is 55.5 Å². The Morgan fingerprint density at radius 1 is 1.27 bits per heavy atom. The first-order valence-electron chi connectivity index (χ1n) is 10.3. The second kappa shape index (κ2) is 6.77. The zero-order valence-corrected chi connectivity index (χ0v) is 17.4. The average molecular weight is 403 g/mol. The third kappa shape index (κ3) is 2.78. The van der Waals surface area contributed by atoms with Crippen molar-refractivity contribution in [2.24, 2.45) is 11.8 Å². The Hall–Kier alpha value is -2.99. The van der Waals surface area contributed by atoms with Crippen LogP contribution in [0.1, 0.15) is 16.8 Å². The maximum atomic E-state index is 13.5. The van der Waals surface area contributed by atoms with Gasteiger partial charge in [0.25, 0.3) is 0 Å². The number of aromatic nitrogens is 1. The maximum Gasteiger partial charge on any atom is 0.234 e. The molecule has 4 atom stereocenters. The number of pyridine rings is 1. The van der Waals surface area contributed by atoms with Crippen molar-refractivity contribution in [3.8, 4) is 0 Å². The molecule has 30 heavy (non-hydrogen) atoms. The summed E-state index contributed by atoms with van der Waals surface area (Å²) in [7, 11) is 1.76. The summed E-state index contributed by atoms with van der Waals surface area (Å²) in [6.45, 7) is 4.94. The van der Waals surface area contributed by atoms with E-state index in [1.54, 1.807) is 23.0 Å². The van der Waals surface area contributed by atoms with Crippen LogP contribution in [0.4, 0.5) is 5.69 Å². The van der Waals surface area contributed by atoms with E-state index in [9.17, 15) is 9.59 Å². The van der Waals surface area contributed by atoms with Crippen LogP contribution in [0, 0.1) is 25.7 Å². The number of fused-ring (bicyclic) bond motifs is 1. The molecule has 2 amide bonds. The van der Waals surface area contributed by atoms with Crippen molar-refractivity contribution < 1.29 is 14.3 Å². The van der Waals surface area contributed by atoms with E-state index < -0.39 is 17.4 Å². The number of amides is 2. The number of hydrogen-bond donors (Lipinski definition) is 0. The first-order chi connectivity index (χ1) is 14.4. The highest BCUT2D eigenvalue weighted by Crippen LogP contribution is 2.53. The Balaban J connectivity index is 1.42. The van der Waals surface area contributed by atoms with E-state index in [-0.39, 0.29) is 17.9 Å². The molecule has 1 spiro atoms. The van der Waals surface area contributed by atoms with Crippen LogP contribution >= 0.6 is 0 Å². The van der Waals surface area contributed by atoms with Crippen LogP contribution in [0.2, 0.25) is 0 Å². The van der Waals surface area contributed by atoms with Gasteiger partial charge in [0, 0.05) is 18.9 Å². The predicted octanol–water partition coefficient (Wildman–Crippen LogP) is 2.64. The number of ether oxygens (including phenoxy) is 1. The first kappa shape index (κ1) is 19.0. The lowest BCUT2D eigenvalue weighted by molar-refractivity contribution is -0.139.